The lowest BCUT2D eigenvalue weighted by atomic mass is 9.85. The Morgan fingerprint density at radius 1 is 1.00 bits per heavy atom. The zero-order valence-electron chi connectivity index (χ0n) is 16.1. The minimum Gasteiger partial charge on any atom is -0.339 e. The summed E-state index contributed by atoms with van der Waals surface area (Å²) in [5.74, 6) is 1.52. The van der Waals surface area contributed by atoms with E-state index >= 15 is 0 Å². The van der Waals surface area contributed by atoms with Gasteiger partial charge >= 0.3 is 0 Å². The fraction of sp³-hybridized carbons (Fsp3) is 0.227. The van der Waals surface area contributed by atoms with Gasteiger partial charge in [0.1, 0.15) is 5.69 Å². The Hall–Kier alpha value is -2.34. The van der Waals surface area contributed by atoms with Gasteiger partial charge in [-0.25, -0.2) is 4.68 Å². The standard InChI is InChI=1S/C22H17Cl3N4O/c1-12-19(21-26-22(30-28-21)14-3-2-4-14)27-29(18-10-9-16(24)11-17(18)25)20(12)13-5-7-15(23)8-6-13/h5-11,14H,2-4H2,1H3. The number of rotatable bonds is 4. The van der Waals surface area contributed by atoms with Gasteiger partial charge in [-0.1, -0.05) is 58.5 Å². The molecule has 152 valence electrons. The van der Waals surface area contributed by atoms with Gasteiger partial charge in [0.25, 0.3) is 0 Å². The van der Waals surface area contributed by atoms with E-state index in [2.05, 4.69) is 10.1 Å². The molecule has 0 bridgehead atoms. The molecule has 1 saturated carbocycles. The van der Waals surface area contributed by atoms with Crippen LogP contribution in [0.1, 0.15) is 36.6 Å². The lowest BCUT2D eigenvalue weighted by Crippen LogP contribution is -2.08. The van der Waals surface area contributed by atoms with E-state index in [-0.39, 0.29) is 0 Å². The Kier molecular flexibility index (Phi) is 5.05. The Balaban J connectivity index is 1.69. The molecule has 1 fully saturated rings. The molecule has 0 atom stereocenters. The molecule has 2 aromatic heterocycles. The number of aromatic nitrogens is 4. The van der Waals surface area contributed by atoms with Crippen molar-refractivity contribution >= 4 is 34.8 Å². The van der Waals surface area contributed by atoms with Crippen LogP contribution in [0.3, 0.4) is 0 Å². The van der Waals surface area contributed by atoms with Crippen LogP contribution >= 0.6 is 34.8 Å². The first-order valence-corrected chi connectivity index (χ1v) is 10.8. The van der Waals surface area contributed by atoms with E-state index < -0.39 is 0 Å². The predicted octanol–water partition coefficient (Wildman–Crippen LogP) is 7.13. The average molecular weight is 460 g/mol. The third kappa shape index (κ3) is 3.41. The first-order valence-electron chi connectivity index (χ1n) is 9.66. The van der Waals surface area contributed by atoms with E-state index in [1.165, 1.54) is 6.42 Å². The van der Waals surface area contributed by atoms with E-state index in [4.69, 9.17) is 44.4 Å². The number of nitrogens with zero attached hydrogens (tertiary/aromatic N) is 4. The van der Waals surface area contributed by atoms with Gasteiger partial charge in [0.2, 0.25) is 11.7 Å². The molecule has 0 amide bonds. The SMILES string of the molecule is Cc1c(-c2noc(C3CCC3)n2)nn(-c2ccc(Cl)cc2Cl)c1-c1ccc(Cl)cc1. The van der Waals surface area contributed by atoms with Crippen LogP contribution in [0, 0.1) is 6.92 Å². The Morgan fingerprint density at radius 3 is 2.40 bits per heavy atom. The number of hydrogen-bond acceptors (Lipinski definition) is 4. The summed E-state index contributed by atoms with van der Waals surface area (Å²) in [6, 6.07) is 12.9. The van der Waals surface area contributed by atoms with Crippen LogP contribution in [-0.2, 0) is 0 Å². The van der Waals surface area contributed by atoms with Crippen LogP contribution in [0.5, 0.6) is 0 Å². The molecule has 0 N–H and O–H groups in total. The van der Waals surface area contributed by atoms with E-state index in [1.54, 1.807) is 16.8 Å². The molecule has 0 saturated heterocycles. The van der Waals surface area contributed by atoms with Gasteiger partial charge in [-0.05, 0) is 50.1 Å². The van der Waals surface area contributed by atoms with Gasteiger partial charge < -0.3 is 4.52 Å². The highest BCUT2D eigenvalue weighted by Gasteiger charge is 2.28. The van der Waals surface area contributed by atoms with Crippen molar-refractivity contribution in [2.24, 2.45) is 0 Å². The van der Waals surface area contributed by atoms with Gasteiger partial charge in [-0.2, -0.15) is 10.1 Å². The fourth-order valence-corrected chi connectivity index (χ4v) is 4.25. The number of benzene rings is 2. The van der Waals surface area contributed by atoms with Gasteiger partial charge in [0, 0.05) is 27.1 Å². The Morgan fingerprint density at radius 2 is 1.73 bits per heavy atom. The molecule has 8 heteroatoms. The molecule has 0 aliphatic heterocycles. The predicted molar refractivity (Wildman–Crippen MR) is 119 cm³/mol. The van der Waals surface area contributed by atoms with Crippen LogP contribution < -0.4 is 0 Å². The van der Waals surface area contributed by atoms with Gasteiger partial charge in [-0.15, -0.1) is 0 Å². The molecule has 4 aromatic rings. The molecule has 2 heterocycles. The molecular weight excluding hydrogens is 443 g/mol. The summed E-state index contributed by atoms with van der Waals surface area (Å²) in [5, 5.41) is 10.8. The highest BCUT2D eigenvalue weighted by atomic mass is 35.5. The molecule has 2 aromatic carbocycles. The first-order chi connectivity index (χ1) is 14.5. The number of hydrogen-bond donors (Lipinski definition) is 0. The normalized spacial score (nSPS) is 14.1. The van der Waals surface area contributed by atoms with E-state index in [1.807, 2.05) is 37.3 Å². The lowest BCUT2D eigenvalue weighted by molar-refractivity contribution is 0.292. The van der Waals surface area contributed by atoms with Crippen molar-refractivity contribution in [3.05, 3.63) is 69.0 Å². The Bertz CT molecular complexity index is 1230. The quantitative estimate of drug-likeness (QED) is 0.326. The smallest absolute Gasteiger partial charge is 0.230 e. The maximum absolute atomic E-state index is 6.51. The van der Waals surface area contributed by atoms with Crippen molar-refractivity contribution < 1.29 is 4.52 Å². The minimum atomic E-state index is 0.357. The molecule has 5 rings (SSSR count). The van der Waals surface area contributed by atoms with E-state index in [0.29, 0.717) is 44.1 Å². The maximum atomic E-state index is 6.51. The van der Waals surface area contributed by atoms with Crippen molar-refractivity contribution in [3.8, 4) is 28.5 Å². The second kappa shape index (κ2) is 7.73. The molecule has 1 aliphatic rings. The van der Waals surface area contributed by atoms with Crippen molar-refractivity contribution in [2.75, 3.05) is 0 Å². The van der Waals surface area contributed by atoms with Crippen LogP contribution in [0.25, 0.3) is 28.5 Å². The molecule has 0 unspecified atom stereocenters. The number of halogens is 3. The average Bonchev–Trinajstić information content (AvgIpc) is 3.26. The molecule has 5 nitrogen and oxygen atoms in total. The lowest BCUT2D eigenvalue weighted by Gasteiger charge is -2.20. The summed E-state index contributed by atoms with van der Waals surface area (Å²) in [6.45, 7) is 1.99. The highest BCUT2D eigenvalue weighted by Crippen LogP contribution is 2.38. The topological polar surface area (TPSA) is 56.7 Å². The Labute approximate surface area is 188 Å². The molecule has 1 aliphatic carbocycles. The van der Waals surface area contributed by atoms with Gasteiger partial charge in [-0.3, -0.25) is 0 Å². The third-order valence-electron chi connectivity index (χ3n) is 5.49. The second-order valence-corrected chi connectivity index (χ2v) is 8.70. The summed E-state index contributed by atoms with van der Waals surface area (Å²) < 4.78 is 7.32. The van der Waals surface area contributed by atoms with Crippen molar-refractivity contribution in [1.82, 2.24) is 19.9 Å². The van der Waals surface area contributed by atoms with Crippen molar-refractivity contribution in [1.29, 1.82) is 0 Å². The zero-order valence-corrected chi connectivity index (χ0v) is 18.3. The third-order valence-corrected chi connectivity index (χ3v) is 6.28. The summed E-state index contributed by atoms with van der Waals surface area (Å²) in [7, 11) is 0. The molecule has 30 heavy (non-hydrogen) atoms. The fourth-order valence-electron chi connectivity index (χ4n) is 3.63. The minimum absolute atomic E-state index is 0.357. The van der Waals surface area contributed by atoms with Crippen LogP contribution in [0.4, 0.5) is 0 Å². The van der Waals surface area contributed by atoms with Gasteiger partial charge in [0.15, 0.2) is 0 Å². The van der Waals surface area contributed by atoms with E-state index in [9.17, 15) is 0 Å². The monoisotopic (exact) mass is 458 g/mol. The van der Waals surface area contributed by atoms with Crippen molar-refractivity contribution in [2.45, 2.75) is 32.1 Å². The summed E-state index contributed by atoms with van der Waals surface area (Å²) in [4.78, 5) is 4.63. The molecule has 0 spiro atoms. The first kappa shape index (κ1) is 19.6. The summed E-state index contributed by atoms with van der Waals surface area (Å²) in [5.41, 5.74) is 4.11. The van der Waals surface area contributed by atoms with Crippen LogP contribution in [-0.4, -0.2) is 19.9 Å². The maximum Gasteiger partial charge on any atom is 0.230 e. The van der Waals surface area contributed by atoms with Crippen LogP contribution in [0.15, 0.2) is 47.0 Å². The molecular formula is C22H17Cl3N4O. The summed E-state index contributed by atoms with van der Waals surface area (Å²) >= 11 is 18.7. The van der Waals surface area contributed by atoms with Crippen molar-refractivity contribution in [3.63, 3.8) is 0 Å². The van der Waals surface area contributed by atoms with Gasteiger partial charge in [0.05, 0.1) is 16.4 Å². The molecule has 0 radical (unpaired) electrons. The largest absolute Gasteiger partial charge is 0.339 e. The summed E-state index contributed by atoms with van der Waals surface area (Å²) in [6.07, 6.45) is 3.38. The van der Waals surface area contributed by atoms with Crippen LogP contribution in [0.2, 0.25) is 15.1 Å². The zero-order chi connectivity index (χ0) is 20.8. The van der Waals surface area contributed by atoms with E-state index in [0.717, 1.165) is 29.7 Å². The highest BCUT2D eigenvalue weighted by molar-refractivity contribution is 6.35. The second-order valence-electron chi connectivity index (χ2n) is 7.42.